The molecule has 0 spiro atoms. The van der Waals surface area contributed by atoms with Crippen LogP contribution in [0.5, 0.6) is 5.75 Å². The fourth-order valence-electron chi connectivity index (χ4n) is 5.56. The third-order valence-corrected chi connectivity index (χ3v) is 7.49. The Morgan fingerprint density at radius 1 is 1.06 bits per heavy atom. The summed E-state index contributed by atoms with van der Waals surface area (Å²) in [4.78, 5) is 25.6. The Labute approximate surface area is 207 Å². The summed E-state index contributed by atoms with van der Waals surface area (Å²) in [6, 6.07) is 10.5. The van der Waals surface area contributed by atoms with E-state index in [9.17, 15) is 4.79 Å². The van der Waals surface area contributed by atoms with Gasteiger partial charge >= 0.3 is 0 Å². The number of methoxy groups -OCH3 is 1. The van der Waals surface area contributed by atoms with Gasteiger partial charge in [0, 0.05) is 61.6 Å². The van der Waals surface area contributed by atoms with Gasteiger partial charge in [-0.25, -0.2) is 9.97 Å². The van der Waals surface area contributed by atoms with E-state index in [2.05, 4.69) is 52.5 Å². The number of aromatic nitrogens is 2. The number of anilines is 3. The molecule has 0 unspecified atom stereocenters. The van der Waals surface area contributed by atoms with Crippen LogP contribution in [0.4, 0.5) is 17.3 Å². The lowest BCUT2D eigenvalue weighted by molar-refractivity contribution is -0.128. The molecule has 2 aliphatic rings. The molecule has 7 heteroatoms. The van der Waals surface area contributed by atoms with Crippen molar-refractivity contribution < 1.29 is 9.53 Å². The smallest absolute Gasteiger partial charge is 0.227 e. The van der Waals surface area contributed by atoms with E-state index < -0.39 is 0 Å². The standard InChI is InChI=1S/C28H35N5O2/c1-19-17-25(35-3)26(21-7-4-5-8-21)27-24(19)18-29-28(31-27)30-22-9-11-23(12-10-22)33-14-6-13-32(15-16-33)20(2)34/h9-12,17-18,21H,4-8,13-16H2,1-3H3,(H,29,30,31). The molecule has 1 aromatic heterocycles. The molecular weight excluding hydrogens is 438 g/mol. The number of amides is 1. The molecule has 2 fully saturated rings. The molecule has 35 heavy (non-hydrogen) atoms. The Balaban J connectivity index is 1.38. The van der Waals surface area contributed by atoms with Crippen molar-refractivity contribution in [1.82, 2.24) is 14.9 Å². The molecule has 3 aromatic rings. The zero-order valence-electron chi connectivity index (χ0n) is 21.0. The van der Waals surface area contributed by atoms with Crippen molar-refractivity contribution in [1.29, 1.82) is 0 Å². The lowest BCUT2D eigenvalue weighted by atomic mass is 9.92. The van der Waals surface area contributed by atoms with Gasteiger partial charge in [-0.3, -0.25) is 4.79 Å². The van der Waals surface area contributed by atoms with Gasteiger partial charge in [-0.05, 0) is 68.0 Å². The Bertz CT molecular complexity index is 1200. The van der Waals surface area contributed by atoms with Crippen molar-refractivity contribution >= 4 is 34.1 Å². The van der Waals surface area contributed by atoms with Crippen LogP contribution in [0.1, 0.15) is 56.1 Å². The van der Waals surface area contributed by atoms with Gasteiger partial charge in [0.05, 0.1) is 12.6 Å². The zero-order valence-corrected chi connectivity index (χ0v) is 21.0. The van der Waals surface area contributed by atoms with Gasteiger partial charge in [0.25, 0.3) is 0 Å². The second-order valence-electron chi connectivity index (χ2n) is 9.77. The van der Waals surface area contributed by atoms with E-state index in [1.165, 1.54) is 36.9 Å². The fourth-order valence-corrected chi connectivity index (χ4v) is 5.56. The zero-order chi connectivity index (χ0) is 24.4. The van der Waals surface area contributed by atoms with Crippen LogP contribution < -0.4 is 15.0 Å². The lowest BCUT2D eigenvalue weighted by Gasteiger charge is -2.23. The predicted octanol–water partition coefficient (Wildman–Crippen LogP) is 5.41. The first-order valence-electron chi connectivity index (χ1n) is 12.8. The van der Waals surface area contributed by atoms with Crippen LogP contribution in [0.25, 0.3) is 10.9 Å². The molecule has 1 amide bonds. The first kappa shape index (κ1) is 23.4. The highest BCUT2D eigenvalue weighted by atomic mass is 16.5. The molecule has 0 atom stereocenters. The molecule has 1 aliphatic carbocycles. The van der Waals surface area contributed by atoms with Crippen LogP contribution in [-0.2, 0) is 4.79 Å². The third kappa shape index (κ3) is 4.90. The van der Waals surface area contributed by atoms with Gasteiger partial charge < -0.3 is 19.9 Å². The Morgan fingerprint density at radius 2 is 1.83 bits per heavy atom. The Morgan fingerprint density at radius 3 is 2.54 bits per heavy atom. The van der Waals surface area contributed by atoms with Crippen LogP contribution in [0, 0.1) is 6.92 Å². The number of rotatable bonds is 5. The van der Waals surface area contributed by atoms with Gasteiger partial charge in [0.2, 0.25) is 11.9 Å². The lowest BCUT2D eigenvalue weighted by Crippen LogP contribution is -2.33. The molecule has 184 valence electrons. The molecule has 7 nitrogen and oxygen atoms in total. The Kier molecular flexibility index (Phi) is 6.75. The minimum atomic E-state index is 0.158. The highest BCUT2D eigenvalue weighted by Gasteiger charge is 2.25. The number of nitrogens with zero attached hydrogens (tertiary/aromatic N) is 4. The van der Waals surface area contributed by atoms with Crippen molar-refractivity contribution in [3.63, 3.8) is 0 Å². The van der Waals surface area contributed by atoms with Crippen molar-refractivity contribution in [2.45, 2.75) is 51.9 Å². The number of nitrogens with one attached hydrogen (secondary N) is 1. The van der Waals surface area contributed by atoms with E-state index in [4.69, 9.17) is 9.72 Å². The third-order valence-electron chi connectivity index (χ3n) is 7.49. The average Bonchev–Trinajstić information content (AvgIpc) is 3.27. The highest BCUT2D eigenvalue weighted by molar-refractivity contribution is 5.88. The molecule has 1 N–H and O–H groups in total. The van der Waals surface area contributed by atoms with Crippen molar-refractivity contribution in [3.8, 4) is 5.75 Å². The van der Waals surface area contributed by atoms with Gasteiger partial charge in [-0.1, -0.05) is 12.8 Å². The normalized spacial score (nSPS) is 17.0. The molecule has 0 radical (unpaired) electrons. The van der Waals surface area contributed by atoms with Crippen molar-refractivity contribution in [3.05, 3.63) is 47.7 Å². The van der Waals surface area contributed by atoms with E-state index >= 15 is 0 Å². The maximum atomic E-state index is 11.7. The van der Waals surface area contributed by atoms with E-state index in [1.807, 2.05) is 11.1 Å². The number of hydrogen-bond acceptors (Lipinski definition) is 6. The number of hydrogen-bond donors (Lipinski definition) is 1. The second-order valence-corrected chi connectivity index (χ2v) is 9.77. The number of carbonyl (C=O) groups is 1. The van der Waals surface area contributed by atoms with Crippen LogP contribution in [0.15, 0.2) is 36.5 Å². The van der Waals surface area contributed by atoms with Gasteiger partial charge in [0.1, 0.15) is 5.75 Å². The number of benzene rings is 2. The molecule has 5 rings (SSSR count). The van der Waals surface area contributed by atoms with Gasteiger partial charge in [0.15, 0.2) is 0 Å². The monoisotopic (exact) mass is 473 g/mol. The summed E-state index contributed by atoms with van der Waals surface area (Å²) in [7, 11) is 1.75. The minimum absolute atomic E-state index is 0.158. The summed E-state index contributed by atoms with van der Waals surface area (Å²) in [5.41, 5.74) is 5.49. The molecule has 2 heterocycles. The number of carbonyl (C=O) groups excluding carboxylic acids is 1. The largest absolute Gasteiger partial charge is 0.496 e. The molecule has 1 saturated carbocycles. The van der Waals surface area contributed by atoms with Crippen LogP contribution in [-0.4, -0.2) is 54.1 Å². The van der Waals surface area contributed by atoms with Crippen LogP contribution in [0.3, 0.4) is 0 Å². The molecular formula is C28H35N5O2. The first-order valence-corrected chi connectivity index (χ1v) is 12.8. The number of aryl methyl sites for hydroxylation is 1. The van der Waals surface area contributed by atoms with Crippen LogP contribution >= 0.6 is 0 Å². The topological polar surface area (TPSA) is 70.6 Å². The van der Waals surface area contributed by atoms with Crippen molar-refractivity contribution in [2.75, 3.05) is 43.5 Å². The SMILES string of the molecule is COc1cc(C)c2cnc(Nc3ccc(N4CCCN(C(C)=O)CC4)cc3)nc2c1C1CCCC1. The summed E-state index contributed by atoms with van der Waals surface area (Å²) >= 11 is 0. The minimum Gasteiger partial charge on any atom is -0.496 e. The quantitative estimate of drug-likeness (QED) is 0.535. The van der Waals surface area contributed by atoms with Crippen LogP contribution in [0.2, 0.25) is 0 Å². The summed E-state index contributed by atoms with van der Waals surface area (Å²) < 4.78 is 5.80. The van der Waals surface area contributed by atoms with E-state index in [0.29, 0.717) is 11.9 Å². The maximum absolute atomic E-state index is 11.7. The number of ether oxygens (including phenoxy) is 1. The molecule has 1 saturated heterocycles. The van der Waals surface area contributed by atoms with E-state index in [1.54, 1.807) is 14.0 Å². The van der Waals surface area contributed by atoms with Crippen molar-refractivity contribution in [2.24, 2.45) is 0 Å². The van der Waals surface area contributed by atoms with Gasteiger partial charge in [-0.2, -0.15) is 0 Å². The second kappa shape index (κ2) is 10.1. The summed E-state index contributed by atoms with van der Waals surface area (Å²) in [5.74, 6) is 2.19. The predicted molar refractivity (Wildman–Crippen MR) is 141 cm³/mol. The first-order chi connectivity index (χ1) is 17.0. The van der Waals surface area contributed by atoms with Gasteiger partial charge in [-0.15, -0.1) is 0 Å². The molecule has 2 aromatic carbocycles. The maximum Gasteiger partial charge on any atom is 0.227 e. The fraction of sp³-hybridized carbons (Fsp3) is 0.464. The average molecular weight is 474 g/mol. The molecule has 1 aliphatic heterocycles. The Hall–Kier alpha value is -3.35. The summed E-state index contributed by atoms with van der Waals surface area (Å²) in [6.45, 7) is 7.15. The van der Waals surface area contributed by atoms with E-state index in [-0.39, 0.29) is 5.91 Å². The summed E-state index contributed by atoms with van der Waals surface area (Å²) in [6.07, 6.45) is 7.80. The number of fused-ring (bicyclic) bond motifs is 1. The highest BCUT2D eigenvalue weighted by Crippen LogP contribution is 2.43. The summed E-state index contributed by atoms with van der Waals surface area (Å²) in [5, 5.41) is 4.49. The van der Waals surface area contributed by atoms with E-state index in [0.717, 1.165) is 60.5 Å². The molecule has 0 bridgehead atoms.